The molecule has 0 aliphatic rings. The van der Waals surface area contributed by atoms with Gasteiger partial charge in [-0.15, -0.1) is 0 Å². The summed E-state index contributed by atoms with van der Waals surface area (Å²) in [7, 11) is 1.65. The van der Waals surface area contributed by atoms with Crippen LogP contribution in [0, 0.1) is 5.82 Å². The van der Waals surface area contributed by atoms with Crippen LogP contribution in [0.15, 0.2) is 34.9 Å². The molecule has 1 aromatic heterocycles. The predicted octanol–water partition coefficient (Wildman–Crippen LogP) is 2.64. The van der Waals surface area contributed by atoms with Crippen molar-refractivity contribution < 1.29 is 18.7 Å². The lowest BCUT2D eigenvalue weighted by atomic mass is 10.1. The first-order valence-corrected chi connectivity index (χ1v) is 7.41. The minimum Gasteiger partial charge on any atom is -0.441 e. The molecule has 1 aromatic carbocycles. The molecular weight excluding hydrogens is 299 g/mol. The summed E-state index contributed by atoms with van der Waals surface area (Å²) in [6, 6.07) is 5.93. The average Bonchev–Trinajstić information content (AvgIpc) is 2.92. The molecule has 5 nitrogen and oxygen atoms in total. The molecule has 1 N–H and O–H groups in total. The Bertz CT molecular complexity index is 659. The first-order valence-electron chi connectivity index (χ1n) is 7.41. The first-order chi connectivity index (χ1) is 10.7. The van der Waals surface area contributed by atoms with Gasteiger partial charge in [0.25, 0.3) is 0 Å². The van der Waals surface area contributed by atoms with Gasteiger partial charge in [-0.2, -0.15) is 0 Å². The fraction of sp³-hybridized carbons (Fsp3) is 0.412. The minimum atomic E-state index is -0.927. The zero-order valence-corrected chi connectivity index (χ0v) is 13.5. The summed E-state index contributed by atoms with van der Waals surface area (Å²) < 4.78 is 18.5. The average molecular weight is 320 g/mol. The molecule has 0 fully saturated rings. The number of hydrogen-bond acceptors (Lipinski definition) is 4. The summed E-state index contributed by atoms with van der Waals surface area (Å²) in [6.45, 7) is 3.57. The van der Waals surface area contributed by atoms with E-state index in [0.29, 0.717) is 18.1 Å². The predicted molar refractivity (Wildman–Crippen MR) is 84.2 cm³/mol. The van der Waals surface area contributed by atoms with Crippen LogP contribution in [0.3, 0.4) is 0 Å². The number of carbonyl (C=O) groups excluding carboxylic acids is 1. The van der Waals surface area contributed by atoms with E-state index in [0.717, 1.165) is 5.56 Å². The summed E-state index contributed by atoms with van der Waals surface area (Å²) >= 11 is 0. The van der Waals surface area contributed by atoms with Crippen LogP contribution in [-0.2, 0) is 11.2 Å². The van der Waals surface area contributed by atoms with Crippen molar-refractivity contribution >= 4 is 5.91 Å². The number of nitrogens with zero attached hydrogens (tertiary/aromatic N) is 2. The Morgan fingerprint density at radius 2 is 2.00 bits per heavy atom. The van der Waals surface area contributed by atoms with Gasteiger partial charge in [-0.05, 0) is 38.1 Å². The maximum atomic E-state index is 12.9. The van der Waals surface area contributed by atoms with E-state index in [2.05, 4.69) is 4.98 Å². The minimum absolute atomic E-state index is 0.0892. The molecule has 0 saturated heterocycles. The molecule has 2 aromatic rings. The van der Waals surface area contributed by atoms with Gasteiger partial charge >= 0.3 is 0 Å². The zero-order valence-electron chi connectivity index (χ0n) is 13.5. The van der Waals surface area contributed by atoms with Crippen molar-refractivity contribution in [1.82, 2.24) is 9.88 Å². The number of aryl methyl sites for hydroxylation is 1. The van der Waals surface area contributed by atoms with Gasteiger partial charge in [0.15, 0.2) is 11.7 Å². The number of halogens is 1. The molecule has 0 radical (unpaired) electrons. The van der Waals surface area contributed by atoms with Crippen molar-refractivity contribution in [2.45, 2.75) is 32.3 Å². The van der Waals surface area contributed by atoms with Gasteiger partial charge in [-0.1, -0.05) is 0 Å². The van der Waals surface area contributed by atoms with E-state index in [1.165, 1.54) is 17.0 Å². The van der Waals surface area contributed by atoms with Crippen molar-refractivity contribution in [2.24, 2.45) is 0 Å². The van der Waals surface area contributed by atoms with Crippen molar-refractivity contribution in [1.29, 1.82) is 0 Å². The number of aromatic nitrogens is 1. The van der Waals surface area contributed by atoms with Crippen molar-refractivity contribution in [3.63, 3.8) is 0 Å². The van der Waals surface area contributed by atoms with Gasteiger partial charge in [-0.3, -0.25) is 4.79 Å². The SMILES string of the molecule is CN(CC(C)(C)O)C(=O)CCc1ncc(-c2ccc(F)cc2)o1. The second-order valence-corrected chi connectivity index (χ2v) is 6.19. The third kappa shape index (κ3) is 5.17. The van der Waals surface area contributed by atoms with Crippen LogP contribution >= 0.6 is 0 Å². The fourth-order valence-corrected chi connectivity index (χ4v) is 2.25. The number of carbonyl (C=O) groups is 1. The lowest BCUT2D eigenvalue weighted by molar-refractivity contribution is -0.132. The Hall–Kier alpha value is -2.21. The second-order valence-electron chi connectivity index (χ2n) is 6.19. The van der Waals surface area contributed by atoms with Crippen molar-refractivity contribution in [3.05, 3.63) is 42.2 Å². The molecule has 0 spiro atoms. The number of oxazole rings is 1. The molecule has 0 atom stereocenters. The van der Waals surface area contributed by atoms with E-state index in [1.807, 2.05) is 0 Å². The summed E-state index contributed by atoms with van der Waals surface area (Å²) in [5.74, 6) is 0.592. The number of likely N-dealkylation sites (N-methyl/N-ethyl adjacent to an activating group) is 1. The third-order valence-electron chi connectivity index (χ3n) is 3.28. The molecule has 6 heteroatoms. The highest BCUT2D eigenvalue weighted by atomic mass is 19.1. The maximum absolute atomic E-state index is 12.9. The number of amides is 1. The summed E-state index contributed by atoms with van der Waals surface area (Å²) in [6.07, 6.45) is 2.18. The highest BCUT2D eigenvalue weighted by Gasteiger charge is 2.19. The number of hydrogen-bond donors (Lipinski definition) is 1. The molecule has 124 valence electrons. The molecule has 0 aliphatic heterocycles. The van der Waals surface area contributed by atoms with Gasteiger partial charge in [0.05, 0.1) is 11.8 Å². The maximum Gasteiger partial charge on any atom is 0.222 e. The molecule has 0 aliphatic carbocycles. The van der Waals surface area contributed by atoms with Crippen LogP contribution in [0.2, 0.25) is 0 Å². The Kier molecular flexibility index (Phi) is 5.15. The summed E-state index contributed by atoms with van der Waals surface area (Å²) in [4.78, 5) is 17.6. The van der Waals surface area contributed by atoms with E-state index in [9.17, 15) is 14.3 Å². The zero-order chi connectivity index (χ0) is 17.0. The smallest absolute Gasteiger partial charge is 0.222 e. The Labute approximate surface area is 134 Å². The Morgan fingerprint density at radius 1 is 1.35 bits per heavy atom. The summed E-state index contributed by atoms with van der Waals surface area (Å²) in [5.41, 5.74) is -0.195. The molecule has 1 heterocycles. The van der Waals surface area contributed by atoms with Crippen LogP contribution in [0.1, 0.15) is 26.2 Å². The monoisotopic (exact) mass is 320 g/mol. The molecule has 0 saturated carbocycles. The molecule has 1 amide bonds. The van der Waals surface area contributed by atoms with Crippen LogP contribution < -0.4 is 0 Å². The molecule has 23 heavy (non-hydrogen) atoms. The second kappa shape index (κ2) is 6.91. The highest BCUT2D eigenvalue weighted by Crippen LogP contribution is 2.21. The van der Waals surface area contributed by atoms with Gasteiger partial charge < -0.3 is 14.4 Å². The lowest BCUT2D eigenvalue weighted by Crippen LogP contribution is -2.39. The highest BCUT2D eigenvalue weighted by molar-refractivity contribution is 5.76. The van der Waals surface area contributed by atoms with Crippen LogP contribution in [-0.4, -0.2) is 40.1 Å². The van der Waals surface area contributed by atoms with E-state index >= 15 is 0 Å². The van der Waals surface area contributed by atoms with Crippen LogP contribution in [0.5, 0.6) is 0 Å². The largest absolute Gasteiger partial charge is 0.441 e. The fourth-order valence-electron chi connectivity index (χ4n) is 2.25. The van der Waals surface area contributed by atoms with E-state index in [4.69, 9.17) is 4.42 Å². The topological polar surface area (TPSA) is 66.6 Å². The van der Waals surface area contributed by atoms with Gasteiger partial charge in [0.1, 0.15) is 5.82 Å². The molecule has 0 unspecified atom stereocenters. The van der Waals surface area contributed by atoms with E-state index in [-0.39, 0.29) is 24.7 Å². The molecule has 2 rings (SSSR count). The van der Waals surface area contributed by atoms with Gasteiger partial charge in [0, 0.05) is 32.0 Å². The Morgan fingerprint density at radius 3 is 2.61 bits per heavy atom. The number of benzene rings is 1. The van der Waals surface area contributed by atoms with E-state index < -0.39 is 5.60 Å². The van der Waals surface area contributed by atoms with Crippen LogP contribution in [0.4, 0.5) is 4.39 Å². The van der Waals surface area contributed by atoms with Crippen LogP contribution in [0.25, 0.3) is 11.3 Å². The standard InChI is InChI=1S/C17H21FN2O3/c1-17(2,22)11-20(3)16(21)9-8-15-19-10-14(23-15)12-4-6-13(18)7-5-12/h4-7,10,22H,8-9,11H2,1-3H3. The summed E-state index contributed by atoms with van der Waals surface area (Å²) in [5, 5.41) is 9.72. The van der Waals surface area contributed by atoms with Gasteiger partial charge in [-0.25, -0.2) is 9.37 Å². The lowest BCUT2D eigenvalue weighted by Gasteiger charge is -2.25. The third-order valence-corrected chi connectivity index (χ3v) is 3.28. The number of rotatable bonds is 6. The van der Waals surface area contributed by atoms with Gasteiger partial charge in [0.2, 0.25) is 5.91 Å². The molecular formula is C17H21FN2O3. The number of aliphatic hydroxyl groups is 1. The van der Waals surface area contributed by atoms with Crippen molar-refractivity contribution in [2.75, 3.05) is 13.6 Å². The molecule has 0 bridgehead atoms. The Balaban J connectivity index is 1.92. The quantitative estimate of drug-likeness (QED) is 0.888. The van der Waals surface area contributed by atoms with Crippen molar-refractivity contribution in [3.8, 4) is 11.3 Å². The first kappa shape index (κ1) is 17.1. The van der Waals surface area contributed by atoms with E-state index in [1.54, 1.807) is 39.2 Å². The normalized spacial score (nSPS) is 11.5.